The molecule has 0 unspecified atom stereocenters. The van der Waals surface area contributed by atoms with Crippen LogP contribution in [0.5, 0.6) is 5.75 Å². The molecule has 12 amide bonds. The first-order chi connectivity index (χ1) is 36.5. The Hall–Kier alpha value is -8.56. The first-order valence-electron chi connectivity index (χ1n) is 24.0. The molecule has 1 aromatic carbocycles. The van der Waals surface area contributed by atoms with Crippen LogP contribution in [-0.4, -0.2) is 189 Å². The zero-order valence-corrected chi connectivity index (χ0v) is 42.6. The molecule has 24 N–H and O–H groups in total. The van der Waals surface area contributed by atoms with Gasteiger partial charge in [0.05, 0.1) is 32.1 Å². The Balaban J connectivity index is 3.23. The van der Waals surface area contributed by atoms with Crippen molar-refractivity contribution in [3.8, 4) is 5.75 Å². The van der Waals surface area contributed by atoms with Crippen LogP contribution in [0.4, 0.5) is 0 Å². The highest BCUT2D eigenvalue weighted by Crippen LogP contribution is 2.12. The summed E-state index contributed by atoms with van der Waals surface area (Å²) in [4.78, 5) is 178. The number of amides is 12. The average molecular weight is 1110 g/mol. The molecule has 0 aliphatic rings. The van der Waals surface area contributed by atoms with Gasteiger partial charge in [-0.15, -0.1) is 0 Å². The number of hydrogen-bond donors (Lipinski definition) is 19. The fraction of sp³-hybridized carbons (Fsp3) is 0.556. The highest BCUT2D eigenvalue weighted by atomic mass is 16.4. The van der Waals surface area contributed by atoms with E-state index in [0.717, 1.165) is 6.92 Å². The summed E-state index contributed by atoms with van der Waals surface area (Å²) in [6.07, 6.45) is -3.66. The second-order valence-corrected chi connectivity index (χ2v) is 17.6. The largest absolute Gasteiger partial charge is 0.508 e. The maximum absolute atomic E-state index is 13.7. The van der Waals surface area contributed by atoms with Crippen molar-refractivity contribution in [2.45, 2.75) is 138 Å². The maximum Gasteiger partial charge on any atom is 0.328 e. The fourth-order valence-electron chi connectivity index (χ4n) is 6.75. The van der Waals surface area contributed by atoms with Crippen LogP contribution in [0.25, 0.3) is 0 Å². The second-order valence-electron chi connectivity index (χ2n) is 17.6. The van der Waals surface area contributed by atoms with E-state index in [4.69, 9.17) is 33.8 Å². The molecule has 0 heterocycles. The summed E-state index contributed by atoms with van der Waals surface area (Å²) >= 11 is 0. The van der Waals surface area contributed by atoms with Gasteiger partial charge in [0, 0.05) is 12.8 Å². The van der Waals surface area contributed by atoms with Gasteiger partial charge in [0.15, 0.2) is 0 Å². The number of aliphatic carboxylic acids is 2. The minimum absolute atomic E-state index is 0.0468. The standard InChI is InChI=1S/C45H70N14O19/c1-20(52-40(72)26(10-12-32(48)63)55-42(74)28(16-33(49)64)56-38(70)24(47)15-22-6-8-23(62)9-7-22)36(68)53-25(5-3-4-14-46)39(71)51-21(2)37(69)54-27(11-13-35(66)67)41(73)58-30(18-60)44(76)57-29(17-34(50)65)43(75)59-31(19-61)45(77)78/h6-9,20-21,24-31,60-62H,3-5,10-19,46-47H2,1-2H3,(H2,48,63)(H2,49,64)(H2,50,65)(H,51,71)(H,52,72)(H,53,68)(H,54,69)(H,55,74)(H,56,70)(H,57,76)(H,58,73)(H,59,75)(H,66,67)(H,77,78)/t20-,21-,24-,25-,26-,27-,28-,29-,30-,31-/m0/s1. The maximum atomic E-state index is 13.7. The van der Waals surface area contributed by atoms with E-state index in [9.17, 15) is 87.5 Å². The number of phenolic OH excluding ortho intramolecular Hbond substituents is 1. The number of benzene rings is 1. The number of carboxylic acids is 2. The minimum Gasteiger partial charge on any atom is -0.508 e. The summed E-state index contributed by atoms with van der Waals surface area (Å²) in [5.74, 6) is -16.5. The summed E-state index contributed by atoms with van der Waals surface area (Å²) in [5.41, 5.74) is 27.9. The van der Waals surface area contributed by atoms with Gasteiger partial charge < -0.3 is 102 Å². The molecule has 0 aromatic heterocycles. The minimum atomic E-state index is -1.96. The van der Waals surface area contributed by atoms with Crippen LogP contribution in [0.1, 0.15) is 77.2 Å². The smallest absolute Gasteiger partial charge is 0.328 e. The van der Waals surface area contributed by atoms with Gasteiger partial charge in [-0.3, -0.25) is 62.3 Å². The van der Waals surface area contributed by atoms with E-state index in [0.29, 0.717) is 12.0 Å². The molecular formula is C45H70N14O19. The van der Waals surface area contributed by atoms with Crippen LogP contribution in [0.3, 0.4) is 0 Å². The Bertz CT molecular complexity index is 2320. The van der Waals surface area contributed by atoms with Crippen molar-refractivity contribution in [1.29, 1.82) is 0 Å². The number of carbonyl (C=O) groups is 14. The van der Waals surface area contributed by atoms with Gasteiger partial charge in [-0.05, 0) is 76.6 Å². The molecule has 33 nitrogen and oxygen atoms in total. The van der Waals surface area contributed by atoms with Gasteiger partial charge in [-0.2, -0.15) is 0 Å². The predicted molar refractivity (Wildman–Crippen MR) is 266 cm³/mol. The van der Waals surface area contributed by atoms with E-state index >= 15 is 0 Å². The van der Waals surface area contributed by atoms with Gasteiger partial charge in [0.2, 0.25) is 70.9 Å². The monoisotopic (exact) mass is 1110 g/mol. The lowest BCUT2D eigenvalue weighted by molar-refractivity contribution is -0.143. The summed E-state index contributed by atoms with van der Waals surface area (Å²) in [5, 5.41) is 67.0. The molecule has 10 atom stereocenters. The SMILES string of the molecule is C[C@H](NC(=O)[C@H](CCCCN)NC(=O)[C@H](C)NC(=O)[C@H](CCC(N)=O)NC(=O)[C@H](CC(N)=O)NC(=O)[C@@H](N)Cc1ccc(O)cc1)C(=O)N[C@@H](CCC(=O)O)C(=O)N[C@@H](CO)C(=O)N[C@@H](CC(N)=O)C(=O)N[C@@H](CO)C(=O)O. The van der Waals surface area contributed by atoms with Crippen molar-refractivity contribution >= 4 is 82.8 Å². The Morgan fingerprint density at radius 3 is 1.26 bits per heavy atom. The highest BCUT2D eigenvalue weighted by Gasteiger charge is 2.35. The number of unbranched alkanes of at least 4 members (excludes halogenated alkanes) is 1. The molecule has 0 fully saturated rings. The Morgan fingerprint density at radius 1 is 0.462 bits per heavy atom. The van der Waals surface area contributed by atoms with Gasteiger partial charge in [0.1, 0.15) is 60.1 Å². The number of carboxylic acid groups (broad SMARTS) is 2. The van der Waals surface area contributed by atoms with Crippen molar-refractivity contribution in [1.82, 2.24) is 47.9 Å². The van der Waals surface area contributed by atoms with Gasteiger partial charge >= 0.3 is 11.9 Å². The quantitative estimate of drug-likeness (QED) is 0.0275. The molecule has 434 valence electrons. The molecule has 0 aliphatic heterocycles. The average Bonchev–Trinajstić information content (AvgIpc) is 3.35. The first-order valence-corrected chi connectivity index (χ1v) is 24.0. The number of carbonyl (C=O) groups excluding carboxylic acids is 12. The number of aliphatic hydroxyl groups excluding tert-OH is 2. The van der Waals surface area contributed by atoms with Gasteiger partial charge in [0.25, 0.3) is 0 Å². The number of nitrogens with two attached hydrogens (primary N) is 5. The van der Waals surface area contributed by atoms with E-state index in [1.807, 2.05) is 16.0 Å². The molecule has 1 rings (SSSR count). The summed E-state index contributed by atoms with van der Waals surface area (Å²) < 4.78 is 0. The molecule has 0 saturated carbocycles. The Labute approximate surface area is 445 Å². The highest BCUT2D eigenvalue weighted by molar-refractivity contribution is 5.99. The number of rotatable bonds is 37. The number of primary amides is 3. The summed E-state index contributed by atoms with van der Waals surface area (Å²) in [6.45, 7) is 0.167. The molecule has 0 spiro atoms. The van der Waals surface area contributed by atoms with Crippen LogP contribution in [-0.2, 0) is 73.5 Å². The van der Waals surface area contributed by atoms with Crippen LogP contribution < -0.4 is 76.5 Å². The lowest BCUT2D eigenvalue weighted by Crippen LogP contribution is -2.60. The third-order valence-electron chi connectivity index (χ3n) is 11.1. The zero-order valence-electron chi connectivity index (χ0n) is 42.6. The number of aliphatic hydroxyl groups is 2. The van der Waals surface area contributed by atoms with Crippen LogP contribution in [0.2, 0.25) is 0 Å². The predicted octanol–water partition coefficient (Wildman–Crippen LogP) is -9.26. The molecule has 0 bridgehead atoms. The molecule has 0 radical (unpaired) electrons. The Morgan fingerprint density at radius 2 is 0.833 bits per heavy atom. The molecule has 0 saturated heterocycles. The van der Waals surface area contributed by atoms with E-state index < -0.39 is 195 Å². The van der Waals surface area contributed by atoms with Crippen LogP contribution in [0, 0.1) is 0 Å². The number of phenols is 1. The number of nitrogens with one attached hydrogen (secondary N) is 9. The van der Waals surface area contributed by atoms with Gasteiger partial charge in [-0.1, -0.05) is 12.1 Å². The van der Waals surface area contributed by atoms with Crippen LogP contribution >= 0.6 is 0 Å². The van der Waals surface area contributed by atoms with Crippen molar-refractivity contribution < 1.29 is 92.7 Å². The number of aromatic hydroxyl groups is 1. The van der Waals surface area contributed by atoms with E-state index in [-0.39, 0.29) is 31.6 Å². The molecule has 78 heavy (non-hydrogen) atoms. The fourth-order valence-corrected chi connectivity index (χ4v) is 6.75. The van der Waals surface area contributed by atoms with E-state index in [1.165, 1.54) is 31.2 Å². The summed E-state index contributed by atoms with van der Waals surface area (Å²) in [6, 6.07) is -10.9. The van der Waals surface area contributed by atoms with E-state index in [2.05, 4.69) is 31.9 Å². The lowest BCUT2D eigenvalue weighted by Gasteiger charge is -2.26. The molecular weight excluding hydrogens is 1040 g/mol. The third-order valence-corrected chi connectivity index (χ3v) is 11.1. The van der Waals surface area contributed by atoms with E-state index in [1.54, 1.807) is 0 Å². The second kappa shape index (κ2) is 34.2. The Kier molecular flexibility index (Phi) is 29.6. The van der Waals surface area contributed by atoms with Gasteiger partial charge in [-0.25, -0.2) is 4.79 Å². The van der Waals surface area contributed by atoms with Crippen molar-refractivity contribution in [3.63, 3.8) is 0 Å². The number of hydrogen-bond acceptors (Lipinski definition) is 19. The summed E-state index contributed by atoms with van der Waals surface area (Å²) in [7, 11) is 0. The zero-order chi connectivity index (χ0) is 59.4. The molecule has 1 aromatic rings. The normalized spacial score (nSPS) is 14.7. The topological polar surface area (TPSA) is 578 Å². The van der Waals surface area contributed by atoms with Crippen molar-refractivity contribution in [2.75, 3.05) is 19.8 Å². The van der Waals surface area contributed by atoms with Crippen LogP contribution in [0.15, 0.2) is 24.3 Å². The van der Waals surface area contributed by atoms with Crippen molar-refractivity contribution in [3.05, 3.63) is 29.8 Å². The first kappa shape index (κ1) is 67.5. The molecule has 0 aliphatic carbocycles. The van der Waals surface area contributed by atoms with Crippen molar-refractivity contribution in [2.24, 2.45) is 28.7 Å². The molecule has 33 heteroatoms. The third kappa shape index (κ3) is 25.3. The lowest BCUT2D eigenvalue weighted by atomic mass is 10.0.